The maximum Gasteiger partial charge on any atom is 0.225 e. The molecule has 0 aromatic carbocycles. The monoisotopic (exact) mass is 234 g/mol. The number of rotatable bonds is 3. The SMILES string of the molecule is Cc1cc(C(C)C)nc(N(C)C2CCNC2)n1. The third kappa shape index (κ3) is 2.75. The van der Waals surface area contributed by atoms with E-state index in [4.69, 9.17) is 0 Å². The van der Waals surface area contributed by atoms with Crippen LogP contribution < -0.4 is 10.2 Å². The Labute approximate surface area is 103 Å². The summed E-state index contributed by atoms with van der Waals surface area (Å²) in [7, 11) is 2.09. The van der Waals surface area contributed by atoms with Crippen LogP contribution in [-0.2, 0) is 0 Å². The second-order valence-corrected chi connectivity index (χ2v) is 5.15. The second kappa shape index (κ2) is 5.00. The van der Waals surface area contributed by atoms with Crippen LogP contribution in [0, 0.1) is 6.92 Å². The molecule has 1 fully saturated rings. The molecule has 0 amide bonds. The van der Waals surface area contributed by atoms with Crippen LogP contribution in [-0.4, -0.2) is 36.1 Å². The first-order valence-electron chi connectivity index (χ1n) is 6.37. The number of anilines is 1. The van der Waals surface area contributed by atoms with Crippen LogP contribution in [0.4, 0.5) is 5.95 Å². The minimum absolute atomic E-state index is 0.450. The van der Waals surface area contributed by atoms with E-state index in [0.29, 0.717) is 12.0 Å². The summed E-state index contributed by atoms with van der Waals surface area (Å²) in [6.07, 6.45) is 1.17. The molecule has 0 spiro atoms. The Bertz CT molecular complexity index is 383. The molecule has 0 aliphatic carbocycles. The van der Waals surface area contributed by atoms with Crippen molar-refractivity contribution in [3.8, 4) is 0 Å². The second-order valence-electron chi connectivity index (χ2n) is 5.15. The molecule has 1 aromatic rings. The first-order valence-corrected chi connectivity index (χ1v) is 6.37. The van der Waals surface area contributed by atoms with Gasteiger partial charge < -0.3 is 10.2 Å². The Hall–Kier alpha value is -1.16. The molecule has 2 heterocycles. The van der Waals surface area contributed by atoms with Gasteiger partial charge in [-0.15, -0.1) is 0 Å². The van der Waals surface area contributed by atoms with Crippen molar-refractivity contribution in [3.63, 3.8) is 0 Å². The van der Waals surface area contributed by atoms with Crippen LogP contribution in [0.1, 0.15) is 37.6 Å². The molecular formula is C13H22N4. The smallest absolute Gasteiger partial charge is 0.225 e. The van der Waals surface area contributed by atoms with Gasteiger partial charge in [-0.25, -0.2) is 9.97 Å². The molecule has 0 bridgehead atoms. The van der Waals surface area contributed by atoms with Gasteiger partial charge in [0.2, 0.25) is 5.95 Å². The van der Waals surface area contributed by atoms with E-state index in [-0.39, 0.29) is 0 Å². The van der Waals surface area contributed by atoms with Crippen LogP contribution in [0.3, 0.4) is 0 Å². The van der Waals surface area contributed by atoms with E-state index in [1.54, 1.807) is 0 Å². The molecule has 94 valence electrons. The lowest BCUT2D eigenvalue weighted by Gasteiger charge is -2.24. The molecular weight excluding hydrogens is 212 g/mol. The number of hydrogen-bond acceptors (Lipinski definition) is 4. The number of nitrogens with one attached hydrogen (secondary N) is 1. The predicted molar refractivity (Wildman–Crippen MR) is 70.5 cm³/mol. The highest BCUT2D eigenvalue weighted by Gasteiger charge is 2.21. The van der Waals surface area contributed by atoms with Gasteiger partial charge in [0, 0.05) is 31.0 Å². The zero-order valence-corrected chi connectivity index (χ0v) is 11.2. The van der Waals surface area contributed by atoms with Crippen molar-refractivity contribution < 1.29 is 0 Å². The summed E-state index contributed by atoms with van der Waals surface area (Å²) in [6, 6.07) is 2.60. The fraction of sp³-hybridized carbons (Fsp3) is 0.692. The Balaban J connectivity index is 2.24. The molecule has 1 aliphatic heterocycles. The van der Waals surface area contributed by atoms with Crippen molar-refractivity contribution in [1.82, 2.24) is 15.3 Å². The summed E-state index contributed by atoms with van der Waals surface area (Å²) in [5, 5.41) is 3.38. The van der Waals surface area contributed by atoms with Gasteiger partial charge >= 0.3 is 0 Å². The van der Waals surface area contributed by atoms with Crippen molar-refractivity contribution in [1.29, 1.82) is 0 Å². The van der Waals surface area contributed by atoms with Crippen LogP contribution in [0.2, 0.25) is 0 Å². The summed E-state index contributed by atoms with van der Waals surface area (Å²) in [5.41, 5.74) is 2.18. The fourth-order valence-electron chi connectivity index (χ4n) is 2.16. The van der Waals surface area contributed by atoms with Gasteiger partial charge in [-0.2, -0.15) is 0 Å². The minimum atomic E-state index is 0.450. The van der Waals surface area contributed by atoms with Crippen molar-refractivity contribution >= 4 is 5.95 Å². The van der Waals surface area contributed by atoms with E-state index in [1.807, 2.05) is 6.92 Å². The largest absolute Gasteiger partial charge is 0.340 e. The molecule has 1 aromatic heterocycles. The lowest BCUT2D eigenvalue weighted by Crippen LogP contribution is -2.34. The van der Waals surface area contributed by atoms with E-state index in [1.165, 1.54) is 6.42 Å². The van der Waals surface area contributed by atoms with Crippen LogP contribution >= 0.6 is 0 Å². The minimum Gasteiger partial charge on any atom is -0.340 e. The molecule has 1 saturated heterocycles. The Kier molecular flexibility index (Phi) is 3.62. The quantitative estimate of drug-likeness (QED) is 0.864. The molecule has 0 radical (unpaired) electrons. The van der Waals surface area contributed by atoms with Crippen LogP contribution in [0.25, 0.3) is 0 Å². The zero-order valence-electron chi connectivity index (χ0n) is 11.2. The number of hydrogen-bond donors (Lipinski definition) is 1. The van der Waals surface area contributed by atoms with Crippen LogP contribution in [0.5, 0.6) is 0 Å². The highest BCUT2D eigenvalue weighted by molar-refractivity contribution is 5.34. The van der Waals surface area contributed by atoms with Gasteiger partial charge in [0.1, 0.15) is 0 Å². The molecule has 4 heteroatoms. The summed E-state index contributed by atoms with van der Waals surface area (Å²) < 4.78 is 0. The zero-order chi connectivity index (χ0) is 12.4. The Morgan fingerprint density at radius 2 is 2.18 bits per heavy atom. The maximum absolute atomic E-state index is 4.66. The average molecular weight is 234 g/mol. The number of likely N-dealkylation sites (N-methyl/N-ethyl adjacent to an activating group) is 1. The summed E-state index contributed by atoms with van der Waals surface area (Å²) >= 11 is 0. The molecule has 17 heavy (non-hydrogen) atoms. The van der Waals surface area contributed by atoms with Crippen LogP contribution in [0.15, 0.2) is 6.07 Å². The van der Waals surface area contributed by atoms with Gasteiger partial charge in [-0.1, -0.05) is 13.8 Å². The van der Waals surface area contributed by atoms with Crippen molar-refractivity contribution in [3.05, 3.63) is 17.5 Å². The molecule has 1 unspecified atom stereocenters. The van der Waals surface area contributed by atoms with E-state index >= 15 is 0 Å². The van der Waals surface area contributed by atoms with Gasteiger partial charge in [0.25, 0.3) is 0 Å². The van der Waals surface area contributed by atoms with E-state index in [0.717, 1.165) is 30.4 Å². The van der Waals surface area contributed by atoms with E-state index in [9.17, 15) is 0 Å². The highest BCUT2D eigenvalue weighted by atomic mass is 15.3. The first-order chi connectivity index (χ1) is 8.08. The van der Waals surface area contributed by atoms with E-state index < -0.39 is 0 Å². The molecule has 2 rings (SSSR count). The normalized spacial score (nSPS) is 19.9. The highest BCUT2D eigenvalue weighted by Crippen LogP contribution is 2.19. The standard InChI is InChI=1S/C13H22N4/c1-9(2)12-7-10(3)15-13(16-12)17(4)11-5-6-14-8-11/h7,9,11,14H,5-6,8H2,1-4H3. The topological polar surface area (TPSA) is 41.1 Å². The molecule has 1 aliphatic rings. The maximum atomic E-state index is 4.66. The molecule has 0 saturated carbocycles. The Morgan fingerprint density at radius 3 is 2.76 bits per heavy atom. The average Bonchev–Trinajstić information content (AvgIpc) is 2.80. The summed E-state index contributed by atoms with van der Waals surface area (Å²) in [4.78, 5) is 11.4. The predicted octanol–water partition coefficient (Wildman–Crippen LogP) is 1.71. The fourth-order valence-corrected chi connectivity index (χ4v) is 2.16. The van der Waals surface area contributed by atoms with Gasteiger partial charge in [0.05, 0.1) is 0 Å². The summed E-state index contributed by atoms with van der Waals surface area (Å²) in [5.74, 6) is 1.31. The molecule has 4 nitrogen and oxygen atoms in total. The van der Waals surface area contributed by atoms with Gasteiger partial charge in [0.15, 0.2) is 0 Å². The van der Waals surface area contributed by atoms with Crippen molar-refractivity contribution in [2.24, 2.45) is 0 Å². The lowest BCUT2D eigenvalue weighted by atomic mass is 10.1. The van der Waals surface area contributed by atoms with E-state index in [2.05, 4.69) is 47.1 Å². The third-order valence-corrected chi connectivity index (χ3v) is 3.35. The van der Waals surface area contributed by atoms with Gasteiger partial charge in [-0.3, -0.25) is 0 Å². The first kappa shape index (κ1) is 12.3. The Morgan fingerprint density at radius 1 is 1.41 bits per heavy atom. The number of aromatic nitrogens is 2. The number of nitrogens with zero attached hydrogens (tertiary/aromatic N) is 3. The number of aryl methyl sites for hydroxylation is 1. The van der Waals surface area contributed by atoms with Crippen molar-refractivity contribution in [2.45, 2.75) is 39.2 Å². The third-order valence-electron chi connectivity index (χ3n) is 3.35. The van der Waals surface area contributed by atoms with Crippen molar-refractivity contribution in [2.75, 3.05) is 25.0 Å². The molecule has 1 atom stereocenters. The van der Waals surface area contributed by atoms with Gasteiger partial charge in [-0.05, 0) is 31.9 Å². The lowest BCUT2D eigenvalue weighted by molar-refractivity contribution is 0.661. The summed E-state index contributed by atoms with van der Waals surface area (Å²) in [6.45, 7) is 8.51. The molecule has 1 N–H and O–H groups in total.